The molecule has 2 aromatic rings. The van der Waals surface area contributed by atoms with Crippen molar-refractivity contribution < 1.29 is 24.1 Å². The minimum atomic E-state index is -0.461. The Labute approximate surface area is 147 Å². The summed E-state index contributed by atoms with van der Waals surface area (Å²) in [4.78, 5) is 11.0. The van der Waals surface area contributed by atoms with Gasteiger partial charge in [0.15, 0.2) is 0 Å². The van der Waals surface area contributed by atoms with Crippen LogP contribution < -0.4 is 9.47 Å². The maximum Gasteiger partial charge on any atom is 0.330 e. The molecule has 0 saturated carbocycles. The summed E-state index contributed by atoms with van der Waals surface area (Å²) in [6.07, 6.45) is 1.12. The summed E-state index contributed by atoms with van der Waals surface area (Å²) < 4.78 is 16.0. The number of aryl methyl sites for hydroxylation is 1. The third-order valence-corrected chi connectivity index (χ3v) is 3.49. The largest absolute Gasteiger partial charge is 0.491 e. The van der Waals surface area contributed by atoms with Gasteiger partial charge in [0, 0.05) is 6.08 Å². The summed E-state index contributed by atoms with van der Waals surface area (Å²) in [7, 11) is 0. The molecule has 0 spiro atoms. The number of esters is 1. The Bertz CT molecular complexity index is 707. The van der Waals surface area contributed by atoms with Gasteiger partial charge in [-0.25, -0.2) is 4.79 Å². The summed E-state index contributed by atoms with van der Waals surface area (Å²) in [5.41, 5.74) is 3.04. The molecule has 0 saturated heterocycles. The summed E-state index contributed by atoms with van der Waals surface area (Å²) in [6, 6.07) is 13.6. The van der Waals surface area contributed by atoms with Crippen LogP contribution in [0.5, 0.6) is 11.5 Å². The number of benzene rings is 2. The lowest BCUT2D eigenvalue weighted by atomic mass is 10.0. The Morgan fingerprint density at radius 3 is 2.44 bits per heavy atom. The smallest absolute Gasteiger partial charge is 0.330 e. The summed E-state index contributed by atoms with van der Waals surface area (Å²) in [5, 5.41) is 8.78. The maximum atomic E-state index is 11.0. The van der Waals surface area contributed by atoms with Gasteiger partial charge in [0.1, 0.15) is 31.3 Å². The molecule has 0 unspecified atom stereocenters. The summed E-state index contributed by atoms with van der Waals surface area (Å²) >= 11 is 0. The van der Waals surface area contributed by atoms with Crippen LogP contribution in [-0.2, 0) is 9.53 Å². The SMILES string of the molecule is C=CC(=O)OCCOc1cc(-c2ccc(OCCO)cc2)ccc1C. The van der Waals surface area contributed by atoms with E-state index in [1.807, 2.05) is 49.4 Å². The van der Waals surface area contributed by atoms with Gasteiger partial charge in [-0.05, 0) is 41.8 Å². The molecule has 0 aromatic heterocycles. The first-order chi connectivity index (χ1) is 12.1. The predicted molar refractivity (Wildman–Crippen MR) is 95.8 cm³/mol. The third kappa shape index (κ3) is 5.65. The molecule has 2 rings (SSSR count). The molecular formula is C20H22O5. The highest BCUT2D eigenvalue weighted by Crippen LogP contribution is 2.28. The molecule has 0 bridgehead atoms. The molecule has 25 heavy (non-hydrogen) atoms. The average Bonchev–Trinajstić information content (AvgIpc) is 2.65. The normalized spacial score (nSPS) is 10.2. The Hall–Kier alpha value is -2.79. The fourth-order valence-electron chi connectivity index (χ4n) is 2.20. The van der Waals surface area contributed by atoms with Gasteiger partial charge in [-0.1, -0.05) is 30.8 Å². The van der Waals surface area contributed by atoms with Crippen molar-refractivity contribution in [3.63, 3.8) is 0 Å². The number of aliphatic hydroxyl groups excluding tert-OH is 1. The van der Waals surface area contributed by atoms with E-state index >= 15 is 0 Å². The molecule has 5 heteroatoms. The quantitative estimate of drug-likeness (QED) is 0.431. The van der Waals surface area contributed by atoms with Crippen LogP contribution in [0.25, 0.3) is 11.1 Å². The molecule has 0 atom stereocenters. The van der Waals surface area contributed by atoms with E-state index in [-0.39, 0.29) is 26.4 Å². The molecule has 0 radical (unpaired) electrons. The zero-order valence-corrected chi connectivity index (χ0v) is 14.2. The van der Waals surface area contributed by atoms with E-state index in [4.69, 9.17) is 19.3 Å². The van der Waals surface area contributed by atoms with Gasteiger partial charge in [0.05, 0.1) is 6.61 Å². The van der Waals surface area contributed by atoms with Crippen molar-refractivity contribution in [2.24, 2.45) is 0 Å². The number of carbonyl (C=O) groups is 1. The second-order valence-corrected chi connectivity index (χ2v) is 5.30. The molecule has 132 valence electrons. The van der Waals surface area contributed by atoms with Crippen molar-refractivity contribution in [3.05, 3.63) is 60.7 Å². The number of rotatable bonds is 9. The number of hydrogen-bond acceptors (Lipinski definition) is 5. The molecule has 5 nitrogen and oxygen atoms in total. The Morgan fingerprint density at radius 1 is 1.04 bits per heavy atom. The molecule has 0 aliphatic heterocycles. The van der Waals surface area contributed by atoms with Crippen molar-refractivity contribution >= 4 is 5.97 Å². The highest BCUT2D eigenvalue weighted by Gasteiger charge is 2.05. The first kappa shape index (κ1) is 18.5. The standard InChI is InChI=1S/C20H22O5/c1-3-20(22)25-13-12-24-19-14-17(5-4-15(19)2)16-6-8-18(9-7-16)23-11-10-21/h3-9,14,21H,1,10-13H2,2H3. The van der Waals surface area contributed by atoms with Crippen molar-refractivity contribution in [1.29, 1.82) is 0 Å². The van der Waals surface area contributed by atoms with E-state index in [0.717, 1.165) is 28.5 Å². The van der Waals surface area contributed by atoms with Crippen molar-refractivity contribution in [2.45, 2.75) is 6.92 Å². The zero-order chi connectivity index (χ0) is 18.1. The minimum absolute atomic E-state index is 0.0114. The number of hydrogen-bond donors (Lipinski definition) is 1. The lowest BCUT2D eigenvalue weighted by molar-refractivity contribution is -0.138. The number of aliphatic hydroxyl groups is 1. The minimum Gasteiger partial charge on any atom is -0.491 e. The van der Waals surface area contributed by atoms with E-state index in [1.54, 1.807) is 0 Å². The predicted octanol–water partition coefficient (Wildman–Crippen LogP) is 3.14. The molecule has 0 aliphatic rings. The van der Waals surface area contributed by atoms with Crippen LogP contribution in [-0.4, -0.2) is 37.5 Å². The van der Waals surface area contributed by atoms with Crippen molar-refractivity contribution in [2.75, 3.05) is 26.4 Å². The van der Waals surface area contributed by atoms with E-state index < -0.39 is 5.97 Å². The Kier molecular flexibility index (Phi) is 7.04. The van der Waals surface area contributed by atoms with Gasteiger partial charge < -0.3 is 19.3 Å². The van der Waals surface area contributed by atoms with Gasteiger partial charge >= 0.3 is 5.97 Å². The average molecular weight is 342 g/mol. The van der Waals surface area contributed by atoms with Gasteiger partial charge in [-0.15, -0.1) is 0 Å². The van der Waals surface area contributed by atoms with Crippen molar-refractivity contribution in [1.82, 2.24) is 0 Å². The first-order valence-corrected chi connectivity index (χ1v) is 8.01. The van der Waals surface area contributed by atoms with Crippen LogP contribution in [0.3, 0.4) is 0 Å². The van der Waals surface area contributed by atoms with E-state index in [0.29, 0.717) is 5.75 Å². The fourth-order valence-corrected chi connectivity index (χ4v) is 2.20. The second-order valence-electron chi connectivity index (χ2n) is 5.30. The highest BCUT2D eigenvalue weighted by atomic mass is 16.6. The molecular weight excluding hydrogens is 320 g/mol. The lowest BCUT2D eigenvalue weighted by Crippen LogP contribution is -2.10. The lowest BCUT2D eigenvalue weighted by Gasteiger charge is -2.12. The van der Waals surface area contributed by atoms with Crippen LogP contribution in [0.15, 0.2) is 55.1 Å². The van der Waals surface area contributed by atoms with Gasteiger partial charge in [-0.2, -0.15) is 0 Å². The Balaban J connectivity index is 2.02. The van der Waals surface area contributed by atoms with Crippen LogP contribution in [0.1, 0.15) is 5.56 Å². The summed E-state index contributed by atoms with van der Waals surface area (Å²) in [6.45, 7) is 6.01. The number of ether oxygens (including phenoxy) is 3. The van der Waals surface area contributed by atoms with Crippen molar-refractivity contribution in [3.8, 4) is 22.6 Å². The molecule has 2 aromatic carbocycles. The molecule has 0 fully saturated rings. The highest BCUT2D eigenvalue weighted by molar-refractivity contribution is 5.81. The van der Waals surface area contributed by atoms with Crippen LogP contribution in [0.4, 0.5) is 0 Å². The van der Waals surface area contributed by atoms with Gasteiger partial charge in [0.2, 0.25) is 0 Å². The fraction of sp³-hybridized carbons (Fsp3) is 0.250. The molecule has 0 aliphatic carbocycles. The maximum absolute atomic E-state index is 11.0. The topological polar surface area (TPSA) is 65.0 Å². The third-order valence-electron chi connectivity index (χ3n) is 3.49. The zero-order valence-electron chi connectivity index (χ0n) is 14.2. The van der Waals surface area contributed by atoms with Gasteiger partial charge in [-0.3, -0.25) is 0 Å². The van der Waals surface area contributed by atoms with Gasteiger partial charge in [0.25, 0.3) is 0 Å². The Morgan fingerprint density at radius 2 is 1.76 bits per heavy atom. The summed E-state index contributed by atoms with van der Waals surface area (Å²) in [5.74, 6) is 0.996. The first-order valence-electron chi connectivity index (χ1n) is 8.01. The molecule has 1 N–H and O–H groups in total. The van der Waals surface area contributed by atoms with E-state index in [2.05, 4.69) is 6.58 Å². The second kappa shape index (κ2) is 9.49. The molecule has 0 heterocycles. The van der Waals surface area contributed by atoms with Crippen LogP contribution in [0.2, 0.25) is 0 Å². The monoisotopic (exact) mass is 342 g/mol. The number of carbonyl (C=O) groups excluding carboxylic acids is 1. The van der Waals surface area contributed by atoms with E-state index in [1.165, 1.54) is 0 Å². The van der Waals surface area contributed by atoms with Crippen LogP contribution >= 0.6 is 0 Å². The van der Waals surface area contributed by atoms with E-state index in [9.17, 15) is 4.79 Å². The molecule has 0 amide bonds. The van der Waals surface area contributed by atoms with Crippen LogP contribution in [0, 0.1) is 6.92 Å².